The molecule has 1 aliphatic heterocycles. The molecule has 0 radical (unpaired) electrons. The van der Waals surface area contributed by atoms with Gasteiger partial charge in [-0.3, -0.25) is 4.79 Å². The molecule has 0 spiro atoms. The third-order valence-corrected chi connectivity index (χ3v) is 5.00. The van der Waals surface area contributed by atoms with Crippen molar-refractivity contribution in [2.24, 2.45) is 0 Å². The van der Waals surface area contributed by atoms with E-state index < -0.39 is 16.1 Å². The van der Waals surface area contributed by atoms with E-state index >= 15 is 0 Å². The summed E-state index contributed by atoms with van der Waals surface area (Å²) in [6.45, 7) is 2.13. The lowest BCUT2D eigenvalue weighted by Crippen LogP contribution is -2.50. The van der Waals surface area contributed by atoms with Crippen LogP contribution in [-0.2, 0) is 19.6 Å². The van der Waals surface area contributed by atoms with Gasteiger partial charge < -0.3 is 9.64 Å². The fourth-order valence-corrected chi connectivity index (χ4v) is 3.50. The Kier molecular flexibility index (Phi) is 6.09. The summed E-state index contributed by atoms with van der Waals surface area (Å²) >= 11 is 0. The zero-order chi connectivity index (χ0) is 16.9. The molecule has 0 saturated carbocycles. The van der Waals surface area contributed by atoms with Crippen LogP contribution in [-0.4, -0.2) is 45.9 Å². The van der Waals surface area contributed by atoms with E-state index in [4.69, 9.17) is 4.74 Å². The lowest BCUT2D eigenvalue weighted by Gasteiger charge is -2.32. The number of benzene rings is 1. The zero-order valence-electron chi connectivity index (χ0n) is 13.0. The number of halogens is 1. The Morgan fingerprint density at radius 1 is 1.35 bits per heavy atom. The summed E-state index contributed by atoms with van der Waals surface area (Å²) in [5, 5.41) is 0. The summed E-state index contributed by atoms with van der Waals surface area (Å²) < 4.78 is 44.5. The smallest absolute Gasteiger partial charge is 0.253 e. The molecule has 1 atom stereocenters. The molecule has 23 heavy (non-hydrogen) atoms. The summed E-state index contributed by atoms with van der Waals surface area (Å²) in [5.41, 5.74) is 0.568. The molecule has 1 unspecified atom stereocenters. The Hall–Kier alpha value is -1.51. The minimum Gasteiger partial charge on any atom is -0.365 e. The second-order valence-corrected chi connectivity index (χ2v) is 7.36. The van der Waals surface area contributed by atoms with E-state index in [2.05, 4.69) is 4.72 Å². The molecule has 8 heteroatoms. The van der Waals surface area contributed by atoms with Gasteiger partial charge in [-0.25, -0.2) is 17.5 Å². The number of rotatable bonds is 7. The number of morpholine rings is 1. The molecular formula is C15H21FN2O4S. The first-order chi connectivity index (χ1) is 10.9. The van der Waals surface area contributed by atoms with E-state index in [1.54, 1.807) is 0 Å². The molecule has 1 fully saturated rings. The van der Waals surface area contributed by atoms with Crippen molar-refractivity contribution in [3.63, 3.8) is 0 Å². The van der Waals surface area contributed by atoms with Gasteiger partial charge >= 0.3 is 0 Å². The van der Waals surface area contributed by atoms with Crippen molar-refractivity contribution in [1.29, 1.82) is 0 Å². The fourth-order valence-electron chi connectivity index (χ4n) is 2.25. The predicted octanol–water partition coefficient (Wildman–Crippen LogP) is 1.28. The first-order valence-electron chi connectivity index (χ1n) is 7.56. The molecule has 128 valence electrons. The Morgan fingerprint density at radius 2 is 2.04 bits per heavy atom. The van der Waals surface area contributed by atoms with Gasteiger partial charge in [0.25, 0.3) is 5.91 Å². The maximum Gasteiger partial charge on any atom is 0.253 e. The predicted molar refractivity (Wildman–Crippen MR) is 85.2 cm³/mol. The normalized spacial score (nSPS) is 19.1. The summed E-state index contributed by atoms with van der Waals surface area (Å²) in [6.07, 6.45) is 0.962. The number of carbonyl (C=O) groups excluding carboxylic acids is 1. The molecule has 1 aliphatic rings. The van der Waals surface area contributed by atoms with Crippen molar-refractivity contribution in [3.8, 4) is 0 Å². The maximum absolute atomic E-state index is 13.0. The molecule has 1 aromatic carbocycles. The molecule has 1 N–H and O–H groups in total. The first-order valence-corrected chi connectivity index (χ1v) is 9.21. The Bertz CT molecular complexity index is 633. The number of carbonyl (C=O) groups is 1. The molecule has 1 heterocycles. The Labute approximate surface area is 135 Å². The van der Waals surface area contributed by atoms with Crippen molar-refractivity contribution < 1.29 is 22.3 Å². The molecule has 1 aromatic rings. The Balaban J connectivity index is 1.95. The molecule has 0 aliphatic carbocycles. The van der Waals surface area contributed by atoms with Crippen LogP contribution in [0.3, 0.4) is 0 Å². The minimum absolute atomic E-state index is 0.0802. The van der Waals surface area contributed by atoms with E-state index in [0.29, 0.717) is 12.1 Å². The minimum atomic E-state index is -3.33. The van der Waals surface area contributed by atoms with E-state index in [1.807, 2.05) is 6.92 Å². The molecular weight excluding hydrogens is 323 g/mol. The fraction of sp³-hybridized carbons (Fsp3) is 0.533. The zero-order valence-corrected chi connectivity index (χ0v) is 13.8. The quantitative estimate of drug-likeness (QED) is 0.808. The van der Waals surface area contributed by atoms with E-state index in [0.717, 1.165) is 6.42 Å². The number of amides is 1. The average molecular weight is 344 g/mol. The largest absolute Gasteiger partial charge is 0.365 e. The highest BCUT2D eigenvalue weighted by atomic mass is 32.2. The topological polar surface area (TPSA) is 75.7 Å². The SMILES string of the molecule is CCCCS(=O)(=O)NCC1CN(c2ccc(F)cc2)C(=O)CO1. The van der Waals surface area contributed by atoms with Crippen molar-refractivity contribution in [3.05, 3.63) is 30.1 Å². The highest BCUT2D eigenvalue weighted by molar-refractivity contribution is 7.89. The van der Waals surface area contributed by atoms with E-state index in [9.17, 15) is 17.6 Å². The standard InChI is InChI=1S/C15H21FN2O4S/c1-2-3-8-23(20,21)17-9-14-10-18(15(19)11-22-14)13-6-4-12(16)5-7-13/h4-7,14,17H,2-3,8-11H2,1H3. The third-order valence-electron chi connectivity index (χ3n) is 3.57. The van der Waals surface area contributed by atoms with Crippen LogP contribution in [0, 0.1) is 5.82 Å². The molecule has 1 amide bonds. The van der Waals surface area contributed by atoms with Gasteiger partial charge in [-0.15, -0.1) is 0 Å². The number of nitrogens with one attached hydrogen (secondary N) is 1. The second-order valence-electron chi connectivity index (χ2n) is 5.43. The van der Waals surface area contributed by atoms with Gasteiger partial charge in [0.2, 0.25) is 10.0 Å². The third kappa shape index (κ3) is 5.26. The number of ether oxygens (including phenoxy) is 1. The van der Waals surface area contributed by atoms with Crippen LogP contribution in [0.5, 0.6) is 0 Å². The van der Waals surface area contributed by atoms with E-state index in [-0.39, 0.29) is 37.2 Å². The molecule has 0 bridgehead atoms. The summed E-state index contributed by atoms with van der Waals surface area (Å²) in [5.74, 6) is -0.534. The van der Waals surface area contributed by atoms with E-state index in [1.165, 1.54) is 29.2 Å². The van der Waals surface area contributed by atoms with Crippen molar-refractivity contribution >= 4 is 21.6 Å². The number of hydrogen-bond donors (Lipinski definition) is 1. The number of sulfonamides is 1. The van der Waals surface area contributed by atoms with Gasteiger partial charge in [0.15, 0.2) is 0 Å². The maximum atomic E-state index is 13.0. The van der Waals surface area contributed by atoms with Crippen molar-refractivity contribution in [1.82, 2.24) is 4.72 Å². The summed E-state index contributed by atoms with van der Waals surface area (Å²) in [6, 6.07) is 5.59. The van der Waals surface area contributed by atoms with Gasteiger partial charge in [-0.05, 0) is 30.7 Å². The van der Waals surface area contributed by atoms with Crippen LogP contribution in [0.25, 0.3) is 0 Å². The van der Waals surface area contributed by atoms with Crippen LogP contribution in [0.2, 0.25) is 0 Å². The number of hydrogen-bond acceptors (Lipinski definition) is 4. The van der Waals surface area contributed by atoms with Gasteiger partial charge in [-0.1, -0.05) is 13.3 Å². The average Bonchev–Trinajstić information content (AvgIpc) is 2.53. The number of nitrogens with zero attached hydrogens (tertiary/aromatic N) is 1. The van der Waals surface area contributed by atoms with Crippen LogP contribution < -0.4 is 9.62 Å². The second kappa shape index (κ2) is 7.85. The van der Waals surface area contributed by atoms with Crippen LogP contribution in [0.15, 0.2) is 24.3 Å². The molecule has 6 nitrogen and oxygen atoms in total. The lowest BCUT2D eigenvalue weighted by atomic mass is 10.2. The Morgan fingerprint density at radius 3 is 2.70 bits per heavy atom. The van der Waals surface area contributed by atoms with Crippen molar-refractivity contribution in [2.75, 3.05) is 30.3 Å². The molecule has 2 rings (SSSR count). The highest BCUT2D eigenvalue weighted by Gasteiger charge is 2.28. The first kappa shape index (κ1) is 17.8. The molecule has 0 aromatic heterocycles. The van der Waals surface area contributed by atoms with Crippen LogP contribution in [0.4, 0.5) is 10.1 Å². The molecule has 1 saturated heterocycles. The van der Waals surface area contributed by atoms with Gasteiger partial charge in [0.05, 0.1) is 18.4 Å². The van der Waals surface area contributed by atoms with Crippen molar-refractivity contribution in [2.45, 2.75) is 25.9 Å². The summed E-state index contributed by atoms with van der Waals surface area (Å²) in [4.78, 5) is 13.4. The highest BCUT2D eigenvalue weighted by Crippen LogP contribution is 2.19. The van der Waals surface area contributed by atoms with Gasteiger partial charge in [0, 0.05) is 12.2 Å². The monoisotopic (exact) mass is 344 g/mol. The summed E-state index contributed by atoms with van der Waals surface area (Å²) in [7, 11) is -3.33. The lowest BCUT2D eigenvalue weighted by molar-refractivity contribution is -0.129. The van der Waals surface area contributed by atoms with Crippen LogP contribution >= 0.6 is 0 Å². The van der Waals surface area contributed by atoms with Crippen LogP contribution in [0.1, 0.15) is 19.8 Å². The van der Waals surface area contributed by atoms with Gasteiger partial charge in [-0.2, -0.15) is 0 Å². The van der Waals surface area contributed by atoms with Gasteiger partial charge in [0.1, 0.15) is 12.4 Å². The number of anilines is 1. The number of unbranched alkanes of at least 4 members (excludes halogenated alkanes) is 1.